The Labute approximate surface area is 70.1 Å². The number of aldehydes is 1. The fraction of sp³-hybridized carbons (Fsp3) is 0.833. The van der Waals surface area contributed by atoms with Crippen molar-refractivity contribution in [2.24, 2.45) is 0 Å². The maximum absolute atomic E-state index is 10.0. The second-order valence-corrected chi connectivity index (χ2v) is 2.23. The van der Waals surface area contributed by atoms with E-state index in [0.29, 0.717) is 0 Å². The molecule has 0 saturated heterocycles. The van der Waals surface area contributed by atoms with Gasteiger partial charge in [-0.2, -0.15) is 0 Å². The molecule has 72 valence electrons. The molecule has 0 fully saturated rings. The molecule has 0 amide bonds. The van der Waals surface area contributed by atoms with E-state index in [1.807, 2.05) is 0 Å². The van der Waals surface area contributed by atoms with E-state index in [2.05, 4.69) is 0 Å². The lowest BCUT2D eigenvalue weighted by Crippen LogP contribution is -2.46. The predicted molar refractivity (Wildman–Crippen MR) is 37.2 cm³/mol. The van der Waals surface area contributed by atoms with Gasteiger partial charge in [-0.1, -0.05) is 0 Å². The van der Waals surface area contributed by atoms with Crippen LogP contribution in [0.25, 0.3) is 0 Å². The molecule has 12 heavy (non-hydrogen) atoms. The average Bonchev–Trinajstić information content (AvgIpc) is 2.14. The lowest BCUT2D eigenvalue weighted by atomic mass is 10.0. The highest BCUT2D eigenvalue weighted by molar-refractivity contribution is 5.56. The standard InChI is InChI=1S/C6H12O6/c7-1-3(9)5(11)6(12)4(10)2-8/h1,3-6,8-12H,2H2/t3-,4+,5+,6-/m0/s1/i3D. The number of aliphatic hydroxyl groups is 5. The van der Waals surface area contributed by atoms with Crippen LogP contribution in [-0.4, -0.2) is 62.8 Å². The fourth-order valence-electron chi connectivity index (χ4n) is 0.563. The van der Waals surface area contributed by atoms with Crippen molar-refractivity contribution in [3.05, 3.63) is 0 Å². The summed E-state index contributed by atoms with van der Waals surface area (Å²) in [6.07, 6.45) is -9.03. The summed E-state index contributed by atoms with van der Waals surface area (Å²) in [5, 5.41) is 43.8. The minimum atomic E-state index is -2.89. The molecule has 0 radical (unpaired) electrons. The van der Waals surface area contributed by atoms with E-state index in [4.69, 9.17) is 26.9 Å². The molecule has 0 saturated carbocycles. The molecule has 4 atom stereocenters. The van der Waals surface area contributed by atoms with Crippen LogP contribution in [-0.2, 0) is 4.79 Å². The third-order valence-electron chi connectivity index (χ3n) is 1.33. The number of hydrogen-bond acceptors (Lipinski definition) is 6. The Hall–Kier alpha value is -0.530. The summed E-state index contributed by atoms with van der Waals surface area (Å²) in [4.78, 5) is 10.0. The molecular weight excluding hydrogens is 168 g/mol. The van der Waals surface area contributed by atoms with E-state index in [0.717, 1.165) is 0 Å². The second-order valence-electron chi connectivity index (χ2n) is 2.23. The Kier molecular flexibility index (Phi) is 4.12. The van der Waals surface area contributed by atoms with Gasteiger partial charge in [0.1, 0.15) is 24.4 Å². The molecular formula is C6H12O6. The van der Waals surface area contributed by atoms with Crippen molar-refractivity contribution >= 4 is 6.29 Å². The van der Waals surface area contributed by atoms with E-state index in [-0.39, 0.29) is 6.29 Å². The van der Waals surface area contributed by atoms with Crippen LogP contribution in [0.2, 0.25) is 0 Å². The Balaban J connectivity index is 4.40. The highest BCUT2D eigenvalue weighted by Crippen LogP contribution is 2.02. The highest BCUT2D eigenvalue weighted by Gasteiger charge is 2.29. The minimum Gasteiger partial charge on any atom is -0.394 e. The lowest BCUT2D eigenvalue weighted by molar-refractivity contribution is -0.136. The summed E-state index contributed by atoms with van der Waals surface area (Å²) < 4.78 is 6.76. The van der Waals surface area contributed by atoms with E-state index < -0.39 is 31.0 Å². The zero-order chi connectivity index (χ0) is 10.6. The van der Waals surface area contributed by atoms with Gasteiger partial charge in [-0.05, 0) is 0 Å². The van der Waals surface area contributed by atoms with Gasteiger partial charge in [-0.15, -0.1) is 0 Å². The van der Waals surface area contributed by atoms with E-state index in [1.165, 1.54) is 0 Å². The Bertz CT molecular complexity index is 173. The maximum Gasteiger partial charge on any atom is 0.151 e. The van der Waals surface area contributed by atoms with Crippen molar-refractivity contribution in [1.29, 1.82) is 0 Å². The van der Waals surface area contributed by atoms with Gasteiger partial charge in [-0.3, -0.25) is 0 Å². The van der Waals surface area contributed by atoms with Gasteiger partial charge in [0.25, 0.3) is 0 Å². The van der Waals surface area contributed by atoms with Gasteiger partial charge in [0, 0.05) is 0 Å². The van der Waals surface area contributed by atoms with Crippen molar-refractivity contribution in [3.8, 4) is 0 Å². The van der Waals surface area contributed by atoms with Crippen LogP contribution in [0.4, 0.5) is 0 Å². The minimum absolute atomic E-state index is 0.287. The first-order valence-electron chi connectivity index (χ1n) is 3.70. The van der Waals surface area contributed by atoms with Crippen LogP contribution < -0.4 is 0 Å². The molecule has 0 aromatic rings. The number of carbonyl (C=O) groups is 1. The summed E-state index contributed by atoms with van der Waals surface area (Å²) in [5.74, 6) is 0. The van der Waals surface area contributed by atoms with Crippen molar-refractivity contribution in [2.45, 2.75) is 24.4 Å². The number of carbonyl (C=O) groups excluding carboxylic acids is 1. The van der Waals surface area contributed by atoms with Crippen LogP contribution in [0.1, 0.15) is 1.37 Å². The fourth-order valence-corrected chi connectivity index (χ4v) is 0.563. The molecule has 0 aromatic carbocycles. The molecule has 0 aliphatic heterocycles. The average molecular weight is 181 g/mol. The smallest absolute Gasteiger partial charge is 0.151 e. The second kappa shape index (κ2) is 5.18. The molecule has 0 aliphatic carbocycles. The predicted octanol–water partition coefficient (Wildman–Crippen LogP) is -3.38. The first-order chi connectivity index (χ1) is 5.86. The van der Waals surface area contributed by atoms with Crippen LogP contribution in [0, 0.1) is 0 Å². The van der Waals surface area contributed by atoms with Crippen molar-refractivity contribution in [1.82, 2.24) is 0 Å². The molecule has 0 heterocycles. The normalized spacial score (nSPS) is 24.9. The van der Waals surface area contributed by atoms with E-state index in [9.17, 15) is 4.79 Å². The third-order valence-corrected chi connectivity index (χ3v) is 1.33. The Morgan fingerprint density at radius 1 is 1.25 bits per heavy atom. The van der Waals surface area contributed by atoms with Crippen LogP contribution in [0.15, 0.2) is 0 Å². The quantitative estimate of drug-likeness (QED) is 0.282. The SMILES string of the molecule is [2H][C@](O)(C=O)[C@@H](O)[C@@H](O)[C@H](O)CO. The molecule has 6 nitrogen and oxygen atoms in total. The molecule has 0 spiro atoms. The van der Waals surface area contributed by atoms with Crippen molar-refractivity contribution in [2.75, 3.05) is 6.61 Å². The van der Waals surface area contributed by atoms with Crippen LogP contribution >= 0.6 is 0 Å². The van der Waals surface area contributed by atoms with Gasteiger partial charge in [-0.25, -0.2) is 0 Å². The monoisotopic (exact) mass is 181 g/mol. The van der Waals surface area contributed by atoms with Crippen LogP contribution in [0.3, 0.4) is 0 Å². The highest BCUT2D eigenvalue weighted by atomic mass is 16.4. The topological polar surface area (TPSA) is 118 Å². The van der Waals surface area contributed by atoms with Gasteiger partial charge in [0.05, 0.1) is 7.98 Å². The van der Waals surface area contributed by atoms with E-state index >= 15 is 0 Å². The molecule has 0 aliphatic rings. The first kappa shape index (κ1) is 9.56. The summed E-state index contributed by atoms with van der Waals surface area (Å²) in [6, 6.07) is 0. The van der Waals surface area contributed by atoms with Crippen molar-refractivity contribution < 1.29 is 31.7 Å². The van der Waals surface area contributed by atoms with Gasteiger partial charge < -0.3 is 30.3 Å². The zero-order valence-electron chi connectivity index (χ0n) is 7.16. The number of hydrogen-bond donors (Lipinski definition) is 5. The Morgan fingerprint density at radius 2 is 1.75 bits per heavy atom. The number of rotatable bonds is 5. The molecule has 5 N–H and O–H groups in total. The van der Waals surface area contributed by atoms with Gasteiger partial charge in [0.2, 0.25) is 0 Å². The zero-order valence-corrected chi connectivity index (χ0v) is 6.16. The summed E-state index contributed by atoms with van der Waals surface area (Å²) >= 11 is 0. The van der Waals surface area contributed by atoms with Gasteiger partial charge >= 0.3 is 0 Å². The largest absolute Gasteiger partial charge is 0.394 e. The summed E-state index contributed by atoms with van der Waals surface area (Å²) in [5.41, 5.74) is 0. The number of aliphatic hydroxyl groups excluding tert-OH is 4. The van der Waals surface area contributed by atoms with Crippen LogP contribution in [0.5, 0.6) is 0 Å². The molecule has 6 heteroatoms. The summed E-state index contributed by atoms with van der Waals surface area (Å²) in [6.45, 7) is -0.854. The van der Waals surface area contributed by atoms with Gasteiger partial charge in [0.15, 0.2) is 6.29 Å². The first-order valence-corrected chi connectivity index (χ1v) is 3.20. The molecule has 0 bridgehead atoms. The summed E-state index contributed by atoms with van der Waals surface area (Å²) in [7, 11) is 0. The van der Waals surface area contributed by atoms with Crippen molar-refractivity contribution in [3.63, 3.8) is 0 Å². The molecule has 0 rings (SSSR count). The lowest BCUT2D eigenvalue weighted by Gasteiger charge is -2.22. The Morgan fingerprint density at radius 3 is 2.08 bits per heavy atom. The van der Waals surface area contributed by atoms with E-state index in [1.54, 1.807) is 0 Å². The molecule has 0 unspecified atom stereocenters. The third kappa shape index (κ3) is 2.84. The molecule has 0 aromatic heterocycles. The maximum atomic E-state index is 10.0.